The van der Waals surface area contributed by atoms with Gasteiger partial charge >= 0.3 is 0 Å². The van der Waals surface area contributed by atoms with Crippen LogP contribution >= 0.6 is 0 Å². The lowest BCUT2D eigenvalue weighted by molar-refractivity contribution is 0.191. The molecule has 0 saturated carbocycles. The first-order valence-electron chi connectivity index (χ1n) is 10.7. The van der Waals surface area contributed by atoms with Gasteiger partial charge in [0.1, 0.15) is 0 Å². The molecule has 0 aromatic heterocycles. The van der Waals surface area contributed by atoms with Crippen LogP contribution in [-0.2, 0) is 0 Å². The van der Waals surface area contributed by atoms with E-state index < -0.39 is 0 Å². The molecule has 2 aromatic rings. The molecule has 0 fully saturated rings. The van der Waals surface area contributed by atoms with Crippen molar-refractivity contribution in [2.24, 2.45) is 5.41 Å². The van der Waals surface area contributed by atoms with E-state index in [4.69, 9.17) is 18.9 Å². The minimum absolute atomic E-state index is 0.0265. The number of rotatable bonds is 10. The summed E-state index contributed by atoms with van der Waals surface area (Å²) in [6.45, 7) is 14.1. The predicted octanol–water partition coefficient (Wildman–Crippen LogP) is 6.86. The van der Waals surface area contributed by atoms with Crippen LogP contribution in [-0.4, -0.2) is 27.4 Å². The van der Waals surface area contributed by atoms with Crippen LogP contribution in [0.15, 0.2) is 12.1 Å². The van der Waals surface area contributed by atoms with E-state index in [1.54, 1.807) is 14.2 Å². The standard InChI is InChI=1S/C25H38O4/c1-9-10-11-12-13-28-21-19-14-17(2)18(3)15-20(19)22(29-16-25(4,5)6)24(27-8)23(21)26-7/h14-15H,9-13,16H2,1-8H3. The lowest BCUT2D eigenvalue weighted by Gasteiger charge is -2.24. The van der Waals surface area contributed by atoms with Crippen LogP contribution in [0.5, 0.6) is 23.0 Å². The Kier molecular flexibility index (Phi) is 8.06. The van der Waals surface area contributed by atoms with Crippen molar-refractivity contribution in [1.82, 2.24) is 0 Å². The minimum Gasteiger partial charge on any atom is -0.490 e. The number of hydrogen-bond donors (Lipinski definition) is 0. The second kappa shape index (κ2) is 10.1. The molecule has 0 aliphatic carbocycles. The average Bonchev–Trinajstić information content (AvgIpc) is 2.66. The van der Waals surface area contributed by atoms with Crippen LogP contribution in [0.2, 0.25) is 0 Å². The van der Waals surface area contributed by atoms with Crippen molar-refractivity contribution in [2.45, 2.75) is 67.2 Å². The second-order valence-corrected chi connectivity index (χ2v) is 8.97. The van der Waals surface area contributed by atoms with Crippen LogP contribution in [0.3, 0.4) is 0 Å². The third-order valence-electron chi connectivity index (χ3n) is 5.04. The maximum absolute atomic E-state index is 6.30. The Balaban J connectivity index is 2.60. The quantitative estimate of drug-likeness (QED) is 0.407. The molecular weight excluding hydrogens is 364 g/mol. The highest BCUT2D eigenvalue weighted by atomic mass is 16.5. The van der Waals surface area contributed by atoms with Gasteiger partial charge in [-0.15, -0.1) is 0 Å². The van der Waals surface area contributed by atoms with Gasteiger partial charge in [0.25, 0.3) is 0 Å². The third kappa shape index (κ3) is 5.71. The number of benzene rings is 2. The van der Waals surface area contributed by atoms with Gasteiger partial charge in [-0.3, -0.25) is 0 Å². The van der Waals surface area contributed by atoms with E-state index in [2.05, 4.69) is 53.7 Å². The fourth-order valence-corrected chi connectivity index (χ4v) is 3.29. The van der Waals surface area contributed by atoms with Crippen LogP contribution in [0.25, 0.3) is 10.8 Å². The molecule has 0 N–H and O–H groups in total. The molecule has 4 nitrogen and oxygen atoms in total. The number of hydrogen-bond acceptors (Lipinski definition) is 4. The van der Waals surface area contributed by atoms with E-state index in [1.165, 1.54) is 30.4 Å². The van der Waals surface area contributed by atoms with Gasteiger partial charge in [-0.05, 0) is 48.9 Å². The summed E-state index contributed by atoms with van der Waals surface area (Å²) < 4.78 is 24.1. The Labute approximate surface area is 176 Å². The largest absolute Gasteiger partial charge is 0.490 e. The first-order chi connectivity index (χ1) is 13.7. The summed E-state index contributed by atoms with van der Waals surface area (Å²) in [5.74, 6) is 2.65. The van der Waals surface area contributed by atoms with E-state index in [1.807, 2.05) is 0 Å². The maximum Gasteiger partial charge on any atom is 0.207 e. The summed E-state index contributed by atoms with van der Waals surface area (Å²) in [7, 11) is 3.31. The molecule has 0 atom stereocenters. The Morgan fingerprint density at radius 3 is 1.69 bits per heavy atom. The number of fused-ring (bicyclic) bond motifs is 1. The normalized spacial score (nSPS) is 11.6. The van der Waals surface area contributed by atoms with Crippen molar-refractivity contribution >= 4 is 10.8 Å². The number of methoxy groups -OCH3 is 2. The van der Waals surface area contributed by atoms with Crippen LogP contribution in [0.1, 0.15) is 64.5 Å². The number of aryl methyl sites for hydroxylation is 2. The molecule has 0 heterocycles. The molecule has 0 unspecified atom stereocenters. The van der Waals surface area contributed by atoms with Gasteiger partial charge in [0.05, 0.1) is 27.4 Å². The van der Waals surface area contributed by atoms with Crippen molar-refractivity contribution in [3.05, 3.63) is 23.3 Å². The molecule has 0 bridgehead atoms. The van der Waals surface area contributed by atoms with E-state index in [0.29, 0.717) is 24.7 Å². The zero-order valence-electron chi connectivity index (χ0n) is 19.5. The molecule has 0 saturated heterocycles. The van der Waals surface area contributed by atoms with Crippen LogP contribution in [0.4, 0.5) is 0 Å². The molecule has 162 valence electrons. The maximum atomic E-state index is 6.30. The molecule has 0 aliphatic rings. The third-order valence-corrected chi connectivity index (χ3v) is 5.04. The molecule has 0 radical (unpaired) electrons. The molecule has 0 spiro atoms. The summed E-state index contributed by atoms with van der Waals surface area (Å²) in [5, 5.41) is 2.00. The van der Waals surface area contributed by atoms with E-state index in [9.17, 15) is 0 Å². The highest BCUT2D eigenvalue weighted by Crippen LogP contribution is 2.51. The predicted molar refractivity (Wildman–Crippen MR) is 121 cm³/mol. The van der Waals surface area contributed by atoms with Gasteiger partial charge in [-0.25, -0.2) is 0 Å². The van der Waals surface area contributed by atoms with Crippen LogP contribution < -0.4 is 18.9 Å². The fourth-order valence-electron chi connectivity index (χ4n) is 3.29. The molecule has 0 aliphatic heterocycles. The summed E-state index contributed by atoms with van der Waals surface area (Å²) in [5.41, 5.74) is 2.44. The van der Waals surface area contributed by atoms with Gasteiger partial charge in [-0.1, -0.05) is 47.0 Å². The Bertz CT molecular complexity index is 818. The average molecular weight is 403 g/mol. The molecule has 2 rings (SSSR count). The topological polar surface area (TPSA) is 36.9 Å². The lowest BCUT2D eigenvalue weighted by atomic mass is 9.98. The van der Waals surface area contributed by atoms with Crippen molar-refractivity contribution < 1.29 is 18.9 Å². The number of ether oxygens (including phenoxy) is 4. The Hall–Kier alpha value is -2.10. The molecular formula is C25H38O4. The zero-order valence-corrected chi connectivity index (χ0v) is 19.5. The van der Waals surface area contributed by atoms with E-state index in [0.717, 1.165) is 28.7 Å². The summed E-state index contributed by atoms with van der Waals surface area (Å²) in [6, 6.07) is 4.33. The monoisotopic (exact) mass is 402 g/mol. The smallest absolute Gasteiger partial charge is 0.207 e. The number of unbranched alkanes of at least 4 members (excludes halogenated alkanes) is 3. The molecule has 0 amide bonds. The van der Waals surface area contributed by atoms with Gasteiger partial charge in [0.15, 0.2) is 11.5 Å². The van der Waals surface area contributed by atoms with Crippen molar-refractivity contribution in [1.29, 1.82) is 0 Å². The summed E-state index contributed by atoms with van der Waals surface area (Å²) >= 11 is 0. The fraction of sp³-hybridized carbons (Fsp3) is 0.600. The van der Waals surface area contributed by atoms with E-state index >= 15 is 0 Å². The molecule has 4 heteroatoms. The molecule has 29 heavy (non-hydrogen) atoms. The highest BCUT2D eigenvalue weighted by molar-refractivity contribution is 5.99. The van der Waals surface area contributed by atoms with Gasteiger partial charge in [0, 0.05) is 10.8 Å². The first kappa shape index (κ1) is 23.2. The SMILES string of the molecule is CCCCCCOc1c(OC)c(OC)c(OCC(C)(C)C)c2cc(C)c(C)cc12. The van der Waals surface area contributed by atoms with Gasteiger partial charge in [-0.2, -0.15) is 0 Å². The van der Waals surface area contributed by atoms with Gasteiger partial charge < -0.3 is 18.9 Å². The summed E-state index contributed by atoms with van der Waals surface area (Å²) in [4.78, 5) is 0. The molecule has 2 aromatic carbocycles. The highest BCUT2D eigenvalue weighted by Gasteiger charge is 2.25. The van der Waals surface area contributed by atoms with Crippen molar-refractivity contribution in [3.8, 4) is 23.0 Å². The Morgan fingerprint density at radius 1 is 0.724 bits per heavy atom. The Morgan fingerprint density at radius 2 is 1.24 bits per heavy atom. The van der Waals surface area contributed by atoms with E-state index in [-0.39, 0.29) is 5.41 Å². The zero-order chi connectivity index (χ0) is 21.6. The second-order valence-electron chi connectivity index (χ2n) is 8.97. The summed E-state index contributed by atoms with van der Waals surface area (Å²) in [6.07, 6.45) is 4.62. The lowest BCUT2D eigenvalue weighted by Crippen LogP contribution is -2.17. The minimum atomic E-state index is 0.0265. The van der Waals surface area contributed by atoms with Crippen molar-refractivity contribution in [3.63, 3.8) is 0 Å². The van der Waals surface area contributed by atoms with Crippen molar-refractivity contribution in [2.75, 3.05) is 27.4 Å². The van der Waals surface area contributed by atoms with Gasteiger partial charge in [0.2, 0.25) is 11.5 Å². The van der Waals surface area contributed by atoms with Crippen LogP contribution in [0, 0.1) is 19.3 Å². The first-order valence-corrected chi connectivity index (χ1v) is 10.7.